The first-order chi connectivity index (χ1) is 6.52. The summed E-state index contributed by atoms with van der Waals surface area (Å²) in [6, 6.07) is -0.999. The number of carboxylic acids is 1. The van der Waals surface area contributed by atoms with E-state index in [-0.39, 0.29) is 6.04 Å². The Morgan fingerprint density at radius 3 is 2.71 bits per heavy atom. The van der Waals surface area contributed by atoms with Crippen molar-refractivity contribution >= 4 is 5.97 Å². The van der Waals surface area contributed by atoms with E-state index in [0.717, 1.165) is 12.8 Å². The second-order valence-electron chi connectivity index (χ2n) is 3.91. The van der Waals surface area contributed by atoms with E-state index in [4.69, 9.17) is 10.8 Å². The van der Waals surface area contributed by atoms with Gasteiger partial charge in [-0.25, -0.2) is 0 Å². The molecule has 4 unspecified atom stereocenters. The van der Waals surface area contributed by atoms with Gasteiger partial charge in [-0.3, -0.25) is 10.1 Å². The topological polar surface area (TPSA) is 95.6 Å². The van der Waals surface area contributed by atoms with Crippen LogP contribution in [0.1, 0.15) is 26.2 Å². The summed E-state index contributed by atoms with van der Waals surface area (Å²) in [6.07, 6.45) is 1.70. The Hall–Kier alpha value is -0.650. The number of hydrogen-bond donors (Lipinski definition) is 4. The van der Waals surface area contributed by atoms with Crippen LogP contribution in [0.15, 0.2) is 0 Å². The van der Waals surface area contributed by atoms with Crippen LogP contribution < -0.4 is 11.1 Å². The minimum absolute atomic E-state index is 0.0927. The number of nitrogens with one attached hydrogen (secondary N) is 1. The van der Waals surface area contributed by atoms with Gasteiger partial charge in [0.1, 0.15) is 6.04 Å². The second-order valence-corrected chi connectivity index (χ2v) is 3.91. The maximum atomic E-state index is 10.7. The quantitative estimate of drug-likeness (QED) is 0.485. The van der Waals surface area contributed by atoms with Gasteiger partial charge in [0, 0.05) is 12.1 Å². The highest BCUT2D eigenvalue weighted by Gasteiger charge is 2.30. The Kier molecular flexibility index (Phi) is 3.86. The van der Waals surface area contributed by atoms with E-state index in [2.05, 4.69) is 5.32 Å². The van der Waals surface area contributed by atoms with Crippen LogP contribution in [0.5, 0.6) is 0 Å². The molecule has 1 fully saturated rings. The number of carbonyl (C=O) groups is 1. The van der Waals surface area contributed by atoms with Gasteiger partial charge >= 0.3 is 5.97 Å². The minimum Gasteiger partial charge on any atom is -0.480 e. The number of hydrogen-bond acceptors (Lipinski definition) is 4. The van der Waals surface area contributed by atoms with Gasteiger partial charge in [0.05, 0.1) is 6.10 Å². The van der Waals surface area contributed by atoms with E-state index in [0.29, 0.717) is 6.42 Å². The molecule has 0 aromatic carbocycles. The van der Waals surface area contributed by atoms with E-state index in [1.807, 2.05) is 0 Å². The summed E-state index contributed by atoms with van der Waals surface area (Å²) in [5.41, 5.74) is 5.75. The Morgan fingerprint density at radius 1 is 1.57 bits per heavy atom. The maximum Gasteiger partial charge on any atom is 0.320 e. The van der Waals surface area contributed by atoms with Crippen molar-refractivity contribution < 1.29 is 15.0 Å². The lowest BCUT2D eigenvalue weighted by Gasteiger charge is -2.33. The van der Waals surface area contributed by atoms with Gasteiger partial charge in [0.25, 0.3) is 0 Å². The molecular formula is C9H18N2O3. The lowest BCUT2D eigenvalue weighted by Crippen LogP contribution is -2.57. The zero-order valence-corrected chi connectivity index (χ0v) is 8.31. The summed E-state index contributed by atoms with van der Waals surface area (Å²) in [6.45, 7) is 1.62. The Morgan fingerprint density at radius 2 is 2.21 bits per heavy atom. The molecule has 0 aromatic heterocycles. The van der Waals surface area contributed by atoms with E-state index in [1.54, 1.807) is 6.92 Å². The number of aliphatic hydroxyl groups is 1. The average Bonchev–Trinajstić information content (AvgIpc) is 2.16. The van der Waals surface area contributed by atoms with Crippen molar-refractivity contribution in [1.82, 2.24) is 5.32 Å². The highest BCUT2D eigenvalue weighted by atomic mass is 16.4. The van der Waals surface area contributed by atoms with Gasteiger partial charge in [0.15, 0.2) is 0 Å². The zero-order valence-electron chi connectivity index (χ0n) is 8.31. The Labute approximate surface area is 83.3 Å². The van der Waals surface area contributed by atoms with Crippen LogP contribution in [0.2, 0.25) is 0 Å². The molecule has 82 valence electrons. The van der Waals surface area contributed by atoms with Crippen LogP contribution in [0.4, 0.5) is 0 Å². The molecule has 1 aliphatic rings. The molecule has 4 atom stereocenters. The van der Waals surface area contributed by atoms with Gasteiger partial charge in [-0.2, -0.15) is 0 Å². The molecular weight excluding hydrogens is 184 g/mol. The number of carboxylic acid groups (broad SMARTS) is 1. The fraction of sp³-hybridized carbons (Fsp3) is 0.889. The molecule has 0 amide bonds. The van der Waals surface area contributed by atoms with Crippen molar-refractivity contribution in [3.05, 3.63) is 0 Å². The molecule has 14 heavy (non-hydrogen) atoms. The zero-order chi connectivity index (χ0) is 10.7. The van der Waals surface area contributed by atoms with Crippen molar-refractivity contribution in [1.29, 1.82) is 0 Å². The Balaban J connectivity index is 2.51. The predicted octanol–water partition coefficient (Wildman–Crippen LogP) is -0.710. The fourth-order valence-electron chi connectivity index (χ4n) is 1.80. The third-order valence-electron chi connectivity index (χ3n) is 2.74. The van der Waals surface area contributed by atoms with E-state index in [9.17, 15) is 9.90 Å². The number of aliphatic carboxylic acids is 1. The Bertz CT molecular complexity index is 208. The summed E-state index contributed by atoms with van der Waals surface area (Å²) in [5.74, 6) is -0.840. The molecule has 0 aromatic rings. The highest BCUT2D eigenvalue weighted by molar-refractivity contribution is 5.73. The van der Waals surface area contributed by atoms with Crippen molar-refractivity contribution in [2.24, 2.45) is 5.73 Å². The lowest BCUT2D eigenvalue weighted by atomic mass is 9.92. The van der Waals surface area contributed by atoms with Gasteiger partial charge in [-0.05, 0) is 26.2 Å². The summed E-state index contributed by atoms with van der Waals surface area (Å²) in [4.78, 5) is 10.7. The first-order valence-electron chi connectivity index (χ1n) is 4.95. The fourth-order valence-corrected chi connectivity index (χ4v) is 1.80. The van der Waals surface area contributed by atoms with E-state index >= 15 is 0 Å². The number of nitrogens with two attached hydrogens (primary N) is 1. The van der Waals surface area contributed by atoms with Crippen molar-refractivity contribution in [2.75, 3.05) is 0 Å². The molecule has 0 radical (unpaired) electrons. The molecule has 1 aliphatic heterocycles. The number of aliphatic hydroxyl groups excluding tert-OH is 1. The number of rotatable bonds is 3. The van der Waals surface area contributed by atoms with Gasteiger partial charge in [0.2, 0.25) is 0 Å². The first-order valence-corrected chi connectivity index (χ1v) is 4.95. The molecule has 0 saturated carbocycles. The standard InChI is InChI=1S/C9H18N2O3/c1-5(12)8(10)6-3-2-4-7(11-6)9(13)14/h5-8,11-12H,2-4,10H2,1H3,(H,13,14). The molecule has 0 aliphatic carbocycles. The molecule has 0 spiro atoms. The van der Waals surface area contributed by atoms with Crippen LogP contribution in [-0.2, 0) is 4.79 Å². The third-order valence-corrected chi connectivity index (χ3v) is 2.74. The lowest BCUT2D eigenvalue weighted by molar-refractivity contribution is -0.140. The molecule has 5 N–H and O–H groups in total. The maximum absolute atomic E-state index is 10.7. The summed E-state index contributed by atoms with van der Waals surface area (Å²) >= 11 is 0. The van der Waals surface area contributed by atoms with E-state index in [1.165, 1.54) is 0 Å². The smallest absolute Gasteiger partial charge is 0.320 e. The van der Waals surface area contributed by atoms with Crippen LogP contribution in [0.25, 0.3) is 0 Å². The van der Waals surface area contributed by atoms with Gasteiger partial charge in [-0.1, -0.05) is 0 Å². The van der Waals surface area contributed by atoms with Crippen molar-refractivity contribution in [3.8, 4) is 0 Å². The first kappa shape index (κ1) is 11.4. The van der Waals surface area contributed by atoms with E-state index < -0.39 is 24.2 Å². The largest absolute Gasteiger partial charge is 0.480 e. The van der Waals surface area contributed by atoms with Crippen LogP contribution in [0, 0.1) is 0 Å². The normalized spacial score (nSPS) is 32.2. The molecule has 0 bridgehead atoms. The molecule has 5 nitrogen and oxygen atoms in total. The highest BCUT2D eigenvalue weighted by Crippen LogP contribution is 2.16. The molecule has 1 heterocycles. The van der Waals surface area contributed by atoms with Crippen LogP contribution in [0.3, 0.4) is 0 Å². The summed E-state index contributed by atoms with van der Waals surface area (Å²) < 4.78 is 0. The molecule has 1 rings (SSSR count). The van der Waals surface area contributed by atoms with Crippen LogP contribution in [-0.4, -0.2) is 40.4 Å². The van der Waals surface area contributed by atoms with Gasteiger partial charge < -0.3 is 15.9 Å². The number of piperidine rings is 1. The summed E-state index contributed by atoms with van der Waals surface area (Å²) in [7, 11) is 0. The average molecular weight is 202 g/mol. The van der Waals surface area contributed by atoms with Gasteiger partial charge in [-0.15, -0.1) is 0 Å². The minimum atomic E-state index is -0.840. The third kappa shape index (κ3) is 2.67. The van der Waals surface area contributed by atoms with Crippen molar-refractivity contribution in [3.63, 3.8) is 0 Å². The monoisotopic (exact) mass is 202 g/mol. The molecule has 5 heteroatoms. The van der Waals surface area contributed by atoms with Crippen LogP contribution >= 0.6 is 0 Å². The second kappa shape index (κ2) is 4.72. The van der Waals surface area contributed by atoms with Crippen molar-refractivity contribution in [2.45, 2.75) is 50.4 Å². The molecule has 1 saturated heterocycles. The predicted molar refractivity (Wildman–Crippen MR) is 51.9 cm³/mol. The SMILES string of the molecule is CC(O)C(N)C1CCCC(C(=O)O)N1. The summed E-state index contributed by atoms with van der Waals surface area (Å²) in [5, 5.41) is 21.0.